The Hall–Kier alpha value is -6.62. The summed E-state index contributed by atoms with van der Waals surface area (Å²) in [5.41, 5.74) is -0.772. The number of urea groups is 1. The second-order valence-electron chi connectivity index (χ2n) is 13.5. The van der Waals surface area contributed by atoms with Gasteiger partial charge in [-0.1, -0.05) is 64.6 Å². The number of carboxylic acid groups (broad SMARTS) is 2. The van der Waals surface area contributed by atoms with Gasteiger partial charge in [0.05, 0.1) is 59.0 Å². The van der Waals surface area contributed by atoms with Crippen molar-refractivity contribution in [3.05, 3.63) is 126 Å². The Bertz CT molecular complexity index is 2960. The number of carbonyl (C=O) groups excluding carboxylic acids is 2. The molecule has 0 atom stereocenters. The molecule has 0 aliphatic carbocycles. The molecule has 24 nitrogen and oxygen atoms in total. The molecule has 0 fully saturated rings. The van der Waals surface area contributed by atoms with Gasteiger partial charge in [-0.15, -0.1) is 0 Å². The highest BCUT2D eigenvalue weighted by molar-refractivity contribution is 7.90. The SMILES string of the molecule is COC(=O)c1cc(Oc2ccc(Cl)cc2Cl)ccc1[N+](=O)[O-].COc1c(Cl)ccc(Cl)c1C(=O)O.COc1nc(C)nc(NC(=O)NS(=O)(=O)c2ccccc2CCC(F)(F)F)n1.O=C(O)CNCP(=O)(O)O. The number of benzene rings is 4. The average Bonchev–Trinajstić information content (AvgIpc) is 3.28. The number of aromatic carboxylic acids is 1. The van der Waals surface area contributed by atoms with Crippen LogP contribution in [-0.2, 0) is 30.5 Å². The average molecular weight is 1150 g/mol. The lowest BCUT2D eigenvalue weighted by atomic mass is 10.1. The van der Waals surface area contributed by atoms with Crippen LogP contribution < -0.4 is 29.6 Å². The number of carboxylic acids is 2. The normalized spacial score (nSPS) is 10.9. The van der Waals surface area contributed by atoms with Crippen molar-refractivity contribution in [2.45, 2.75) is 30.8 Å². The number of methoxy groups -OCH3 is 3. The summed E-state index contributed by atoms with van der Waals surface area (Å²) < 4.78 is 93.7. The molecule has 0 spiro atoms. The van der Waals surface area contributed by atoms with Crippen LogP contribution in [0.2, 0.25) is 20.1 Å². The molecule has 5 rings (SSSR count). The lowest BCUT2D eigenvalue weighted by molar-refractivity contribution is -0.385. The third-order valence-electron chi connectivity index (χ3n) is 8.06. The maximum absolute atomic E-state index is 12.5. The molecule has 73 heavy (non-hydrogen) atoms. The van der Waals surface area contributed by atoms with E-state index in [1.54, 1.807) is 16.9 Å². The van der Waals surface area contributed by atoms with Crippen LogP contribution in [0.1, 0.15) is 38.5 Å². The van der Waals surface area contributed by atoms with Gasteiger partial charge in [0.2, 0.25) is 5.95 Å². The zero-order valence-electron chi connectivity index (χ0n) is 37.6. The molecule has 7 N–H and O–H groups in total. The van der Waals surface area contributed by atoms with Gasteiger partial charge in [0.1, 0.15) is 28.5 Å². The van der Waals surface area contributed by atoms with Crippen LogP contribution in [0.15, 0.2) is 77.7 Å². The maximum Gasteiger partial charge on any atom is 0.389 e. The number of hydrogen-bond donors (Lipinski definition) is 7. The quantitative estimate of drug-likeness (QED) is 0.0212. The first kappa shape index (κ1) is 62.5. The number of amides is 2. The molecule has 0 bridgehead atoms. The molecular formula is C40H39Cl4F3N7O17PS. The molecular weight excluding hydrogens is 1110 g/mol. The summed E-state index contributed by atoms with van der Waals surface area (Å²) in [6, 6.07) is 15.1. The summed E-state index contributed by atoms with van der Waals surface area (Å²) >= 11 is 23.1. The highest BCUT2D eigenvalue weighted by Crippen LogP contribution is 2.35. The molecule has 0 aliphatic heterocycles. The maximum atomic E-state index is 12.5. The van der Waals surface area contributed by atoms with Crippen molar-refractivity contribution in [3.63, 3.8) is 0 Å². The molecule has 2 amide bonds. The molecule has 33 heteroatoms. The van der Waals surface area contributed by atoms with Gasteiger partial charge in [-0.2, -0.15) is 28.1 Å². The van der Waals surface area contributed by atoms with E-state index in [4.69, 9.17) is 80.6 Å². The lowest BCUT2D eigenvalue weighted by Gasteiger charge is -2.13. The van der Waals surface area contributed by atoms with Gasteiger partial charge in [0.25, 0.3) is 15.7 Å². The molecule has 0 radical (unpaired) electrons. The summed E-state index contributed by atoms with van der Waals surface area (Å²) in [7, 11) is -4.77. The smallest absolute Gasteiger partial charge is 0.389 e. The number of aliphatic carboxylic acids is 1. The number of aromatic nitrogens is 3. The summed E-state index contributed by atoms with van der Waals surface area (Å²) in [4.78, 5) is 81.7. The van der Waals surface area contributed by atoms with E-state index in [1.807, 2.05) is 0 Å². The van der Waals surface area contributed by atoms with Gasteiger partial charge in [-0.25, -0.2) is 27.5 Å². The number of alkyl halides is 3. The molecule has 0 saturated carbocycles. The van der Waals surface area contributed by atoms with Gasteiger partial charge < -0.3 is 38.9 Å². The van der Waals surface area contributed by atoms with E-state index in [-0.39, 0.29) is 66.7 Å². The second kappa shape index (κ2) is 28.6. The predicted molar refractivity (Wildman–Crippen MR) is 255 cm³/mol. The molecule has 0 saturated heterocycles. The number of carbonyl (C=O) groups is 4. The topological polar surface area (TPSA) is 355 Å². The Morgan fingerprint density at radius 3 is 2.04 bits per heavy atom. The van der Waals surface area contributed by atoms with Crippen LogP contribution in [0.5, 0.6) is 23.3 Å². The number of nitro groups is 1. The fourth-order valence-electron chi connectivity index (χ4n) is 5.09. The number of halogens is 7. The first-order chi connectivity index (χ1) is 33.9. The van der Waals surface area contributed by atoms with E-state index in [2.05, 4.69) is 30.3 Å². The van der Waals surface area contributed by atoms with Crippen molar-refractivity contribution >= 4 is 99.6 Å². The van der Waals surface area contributed by atoms with Gasteiger partial charge in [-0.05, 0) is 61.4 Å². The molecule has 396 valence electrons. The standard InChI is InChI=1S/C15H16F3N5O4S.C14H9Cl2NO5.C8H6Cl2O3.C3H8NO5P/c1-9-19-12(22-14(20-9)27-2)21-13(24)23-28(25,26)11-6-4-3-5-10(11)7-8-15(16,17)18;1-21-14(18)10-7-9(3-4-12(10)17(19)20)22-13-5-2-8(15)6-11(13)16;1-13-7-5(10)3-2-4(9)6(7)8(11)12;5-3(6)1-4-2-10(7,8)9/h3-6H,7-8H2,1-2H3,(H2,19,20,21,22,23,24);2-7H,1H3;2-3H,1H3,(H,11,12);4H,1-2H2,(H,5,6)(H2,7,8,9). The Balaban J connectivity index is 0.000000359. The number of anilines is 1. The number of sulfonamides is 1. The number of nitrogens with one attached hydrogen (secondary N) is 3. The Morgan fingerprint density at radius 2 is 1.51 bits per heavy atom. The van der Waals surface area contributed by atoms with Crippen molar-refractivity contribution in [1.29, 1.82) is 0 Å². The summed E-state index contributed by atoms with van der Waals surface area (Å²) in [6.45, 7) is 1.06. The zero-order valence-corrected chi connectivity index (χ0v) is 42.4. The molecule has 0 unspecified atom stereocenters. The van der Waals surface area contributed by atoms with E-state index in [9.17, 15) is 55.4 Å². The summed E-state index contributed by atoms with van der Waals surface area (Å²) in [5, 5.41) is 32.9. The van der Waals surface area contributed by atoms with Crippen LogP contribution in [0.25, 0.3) is 0 Å². The van der Waals surface area contributed by atoms with Crippen LogP contribution in [-0.4, -0.2) is 113 Å². The second-order valence-corrected chi connectivity index (χ2v) is 18.4. The predicted octanol–water partition coefficient (Wildman–Crippen LogP) is 8.17. The van der Waals surface area contributed by atoms with E-state index in [0.29, 0.717) is 10.8 Å². The monoisotopic (exact) mass is 1150 g/mol. The Labute approximate surface area is 431 Å². The van der Waals surface area contributed by atoms with E-state index in [0.717, 1.165) is 19.2 Å². The van der Waals surface area contributed by atoms with E-state index >= 15 is 0 Å². The summed E-state index contributed by atoms with van der Waals surface area (Å²) in [5.74, 6) is -2.60. The largest absolute Gasteiger partial charge is 0.494 e. The number of rotatable bonds is 16. The zero-order chi connectivity index (χ0) is 55.4. The highest BCUT2D eigenvalue weighted by atomic mass is 35.5. The third-order valence-corrected chi connectivity index (χ3v) is 11.3. The van der Waals surface area contributed by atoms with Gasteiger partial charge in [0.15, 0.2) is 5.75 Å². The Morgan fingerprint density at radius 1 is 0.863 bits per heavy atom. The minimum absolute atomic E-state index is 0.0715. The molecule has 1 aromatic heterocycles. The summed E-state index contributed by atoms with van der Waals surface area (Å²) in [6.07, 6.45) is -6.79. The number of ether oxygens (including phenoxy) is 4. The third kappa shape index (κ3) is 22.0. The number of hydrogen-bond acceptors (Lipinski definition) is 17. The van der Waals surface area contributed by atoms with Crippen LogP contribution in [0, 0.1) is 17.0 Å². The minimum Gasteiger partial charge on any atom is -0.494 e. The molecule has 1 heterocycles. The Kier molecular flexibility index (Phi) is 24.5. The molecule has 5 aromatic rings. The van der Waals surface area contributed by atoms with Gasteiger partial charge in [-0.3, -0.25) is 30.1 Å². The van der Waals surface area contributed by atoms with Crippen molar-refractivity contribution in [3.8, 4) is 23.3 Å². The number of nitro benzene ring substituents is 1. The van der Waals surface area contributed by atoms with Crippen molar-refractivity contribution in [1.82, 2.24) is 25.0 Å². The minimum atomic E-state index is -4.45. The molecule has 4 aromatic carbocycles. The van der Waals surface area contributed by atoms with Gasteiger partial charge >= 0.3 is 43.7 Å². The fourth-order valence-corrected chi connectivity index (χ4v) is 7.59. The molecule has 0 aliphatic rings. The van der Waals surface area contributed by atoms with Crippen molar-refractivity contribution in [2.24, 2.45) is 0 Å². The van der Waals surface area contributed by atoms with Crippen LogP contribution >= 0.6 is 54.0 Å². The number of aryl methyl sites for hydroxylation is 2. The highest BCUT2D eigenvalue weighted by Gasteiger charge is 2.29. The van der Waals surface area contributed by atoms with Crippen molar-refractivity contribution in [2.75, 3.05) is 39.5 Å². The lowest BCUT2D eigenvalue weighted by Crippen LogP contribution is -2.35. The van der Waals surface area contributed by atoms with E-state index in [1.165, 1.54) is 69.7 Å². The first-order valence-electron chi connectivity index (χ1n) is 19.4. The first-order valence-corrected chi connectivity index (χ1v) is 24.2. The fraction of sp³-hybridized carbons (Fsp3) is 0.225. The van der Waals surface area contributed by atoms with Crippen LogP contribution in [0.3, 0.4) is 0 Å². The van der Waals surface area contributed by atoms with Crippen LogP contribution in [0.4, 0.5) is 29.6 Å². The van der Waals surface area contributed by atoms with Gasteiger partial charge in [0, 0.05) is 23.6 Å². The number of nitrogens with zero attached hydrogens (tertiary/aromatic N) is 4. The van der Waals surface area contributed by atoms with Crippen molar-refractivity contribution < 1.29 is 89.2 Å². The van der Waals surface area contributed by atoms with E-state index < -0.39 is 83.2 Å². The number of esters is 1.